The van der Waals surface area contributed by atoms with E-state index in [2.05, 4.69) is 32.9 Å². The van der Waals surface area contributed by atoms with Crippen LogP contribution in [0.1, 0.15) is 43.5 Å². The smallest absolute Gasteiger partial charge is 0.258 e. The highest BCUT2D eigenvalue weighted by atomic mass is 79.9. The van der Waals surface area contributed by atoms with Gasteiger partial charge >= 0.3 is 0 Å². The van der Waals surface area contributed by atoms with Crippen LogP contribution >= 0.6 is 15.9 Å². The second-order valence-corrected chi connectivity index (χ2v) is 10.1. The van der Waals surface area contributed by atoms with Crippen LogP contribution in [0.15, 0.2) is 51.8 Å². The van der Waals surface area contributed by atoms with Gasteiger partial charge in [-0.15, -0.1) is 0 Å². The zero-order valence-corrected chi connectivity index (χ0v) is 18.7. The molecule has 0 radical (unpaired) electrons. The van der Waals surface area contributed by atoms with Crippen LogP contribution in [-0.2, 0) is 10.0 Å². The summed E-state index contributed by atoms with van der Waals surface area (Å²) in [4.78, 5) is 12.4. The predicted molar refractivity (Wildman–Crippen MR) is 115 cm³/mol. The van der Waals surface area contributed by atoms with E-state index >= 15 is 0 Å². The Kier molecular flexibility index (Phi) is 6.76. The van der Waals surface area contributed by atoms with E-state index in [9.17, 15) is 17.6 Å². The van der Waals surface area contributed by atoms with Crippen molar-refractivity contribution in [2.24, 2.45) is 11.8 Å². The minimum atomic E-state index is -3.88. The molecule has 0 aliphatic heterocycles. The number of amides is 1. The number of nitrogens with one attached hydrogen (secondary N) is 2. The lowest BCUT2D eigenvalue weighted by atomic mass is 9.78. The molecule has 0 saturated heterocycles. The first-order valence-corrected chi connectivity index (χ1v) is 11.8. The summed E-state index contributed by atoms with van der Waals surface area (Å²) in [6.07, 6.45) is 2.80. The molecule has 0 unspecified atom stereocenters. The first-order valence-electron chi connectivity index (χ1n) is 9.57. The van der Waals surface area contributed by atoms with Gasteiger partial charge in [-0.05, 0) is 64.5 Å². The Hall–Kier alpha value is -1.77. The highest BCUT2D eigenvalue weighted by Gasteiger charge is 2.31. The average Bonchev–Trinajstić information content (AvgIpc) is 2.67. The maximum atomic E-state index is 14.3. The molecule has 3 atom stereocenters. The highest BCUT2D eigenvalue weighted by Crippen LogP contribution is 2.30. The number of carbonyl (C=O) groups excluding carboxylic acids is 1. The van der Waals surface area contributed by atoms with Crippen molar-refractivity contribution >= 4 is 37.5 Å². The summed E-state index contributed by atoms with van der Waals surface area (Å²) in [6.45, 7) is 4.16. The number of benzene rings is 2. The molecule has 5 nitrogen and oxygen atoms in total. The molecule has 0 heterocycles. The molecule has 2 N–H and O–H groups in total. The SMILES string of the molecule is C[C@@H]1[C@H](C)CCC[C@@H]1NS(=O)(=O)c1ccc(F)c(C(=O)Nc2ccccc2Br)c1. The van der Waals surface area contributed by atoms with E-state index in [0.717, 1.165) is 31.4 Å². The lowest BCUT2D eigenvalue weighted by Gasteiger charge is -2.34. The standard InChI is InChI=1S/C21H24BrFN2O3S/c1-13-6-5-9-19(14(13)2)25-29(27,28)15-10-11-18(23)16(12-15)21(26)24-20-8-4-3-7-17(20)22/h3-4,7-8,10-14,19,25H,5-6,9H2,1-2H3,(H,24,26)/t13-,14-,19+/m1/s1. The Morgan fingerprint density at radius 1 is 1.14 bits per heavy atom. The molecule has 1 fully saturated rings. The van der Waals surface area contributed by atoms with Gasteiger partial charge < -0.3 is 5.32 Å². The van der Waals surface area contributed by atoms with Crippen molar-refractivity contribution in [2.45, 2.75) is 44.0 Å². The number of para-hydroxylation sites is 1. The number of halogens is 2. The molecule has 156 valence electrons. The van der Waals surface area contributed by atoms with Gasteiger partial charge in [-0.1, -0.05) is 38.8 Å². The maximum absolute atomic E-state index is 14.3. The fraction of sp³-hybridized carbons (Fsp3) is 0.381. The number of anilines is 1. The van der Waals surface area contributed by atoms with Crippen LogP contribution < -0.4 is 10.0 Å². The third kappa shape index (κ3) is 5.05. The summed E-state index contributed by atoms with van der Waals surface area (Å²) >= 11 is 3.31. The summed E-state index contributed by atoms with van der Waals surface area (Å²) < 4.78 is 43.4. The molecule has 1 amide bonds. The van der Waals surface area contributed by atoms with Crippen LogP contribution in [0.4, 0.5) is 10.1 Å². The van der Waals surface area contributed by atoms with Gasteiger partial charge in [-0.3, -0.25) is 4.79 Å². The van der Waals surface area contributed by atoms with E-state index in [1.807, 2.05) is 6.92 Å². The van der Waals surface area contributed by atoms with Crippen molar-refractivity contribution in [1.29, 1.82) is 0 Å². The summed E-state index contributed by atoms with van der Waals surface area (Å²) in [6, 6.07) is 10.0. The summed E-state index contributed by atoms with van der Waals surface area (Å²) in [5.74, 6) is -0.869. The molecule has 29 heavy (non-hydrogen) atoms. The molecule has 1 aliphatic carbocycles. The molecular weight excluding hydrogens is 459 g/mol. The van der Waals surface area contributed by atoms with E-state index in [-0.39, 0.29) is 22.4 Å². The largest absolute Gasteiger partial charge is 0.321 e. The lowest BCUT2D eigenvalue weighted by molar-refractivity contribution is 0.102. The Labute approximate surface area is 179 Å². The van der Waals surface area contributed by atoms with Crippen LogP contribution in [0.3, 0.4) is 0 Å². The molecule has 2 aromatic carbocycles. The zero-order valence-electron chi connectivity index (χ0n) is 16.3. The van der Waals surface area contributed by atoms with Gasteiger partial charge in [0.1, 0.15) is 5.82 Å². The first kappa shape index (κ1) is 21.9. The topological polar surface area (TPSA) is 75.3 Å². The van der Waals surface area contributed by atoms with Crippen molar-refractivity contribution in [3.05, 3.63) is 58.3 Å². The van der Waals surface area contributed by atoms with Crippen LogP contribution in [0.25, 0.3) is 0 Å². The van der Waals surface area contributed by atoms with Gasteiger partial charge in [-0.2, -0.15) is 0 Å². The average molecular weight is 483 g/mol. The summed E-state index contributed by atoms with van der Waals surface area (Å²) in [5, 5.41) is 2.60. The normalized spacial score (nSPS) is 22.3. The Morgan fingerprint density at radius 3 is 2.59 bits per heavy atom. The quantitative estimate of drug-likeness (QED) is 0.633. The second kappa shape index (κ2) is 8.93. The minimum absolute atomic E-state index is 0.124. The molecule has 1 saturated carbocycles. The van der Waals surface area contributed by atoms with Crippen molar-refractivity contribution < 1.29 is 17.6 Å². The van der Waals surface area contributed by atoms with Crippen molar-refractivity contribution in [2.75, 3.05) is 5.32 Å². The lowest BCUT2D eigenvalue weighted by Crippen LogP contribution is -2.43. The van der Waals surface area contributed by atoms with E-state index in [0.29, 0.717) is 16.1 Å². The van der Waals surface area contributed by atoms with Gasteiger partial charge in [0.05, 0.1) is 16.1 Å². The minimum Gasteiger partial charge on any atom is -0.321 e. The number of carbonyl (C=O) groups is 1. The Balaban J connectivity index is 1.84. The van der Waals surface area contributed by atoms with Crippen LogP contribution in [0.5, 0.6) is 0 Å². The van der Waals surface area contributed by atoms with E-state index in [1.165, 1.54) is 6.07 Å². The second-order valence-electron chi connectivity index (χ2n) is 7.57. The monoisotopic (exact) mass is 482 g/mol. The number of hydrogen-bond donors (Lipinski definition) is 2. The number of sulfonamides is 1. The van der Waals surface area contributed by atoms with Gasteiger partial charge in [-0.25, -0.2) is 17.5 Å². The van der Waals surface area contributed by atoms with Gasteiger partial charge in [0.15, 0.2) is 0 Å². The van der Waals surface area contributed by atoms with Crippen LogP contribution in [-0.4, -0.2) is 20.4 Å². The number of rotatable bonds is 5. The van der Waals surface area contributed by atoms with E-state index in [4.69, 9.17) is 0 Å². The molecule has 0 spiro atoms. The third-order valence-electron chi connectivity index (χ3n) is 5.63. The first-order chi connectivity index (χ1) is 13.7. The Morgan fingerprint density at radius 2 is 1.86 bits per heavy atom. The van der Waals surface area contributed by atoms with Crippen molar-refractivity contribution in [3.63, 3.8) is 0 Å². The van der Waals surface area contributed by atoms with Crippen LogP contribution in [0, 0.1) is 17.7 Å². The van der Waals surface area contributed by atoms with E-state index in [1.54, 1.807) is 24.3 Å². The van der Waals surface area contributed by atoms with Crippen molar-refractivity contribution in [1.82, 2.24) is 4.72 Å². The molecule has 0 aromatic heterocycles. The molecular formula is C21H24BrFN2O3S. The Bertz CT molecular complexity index is 1010. The molecule has 3 rings (SSSR count). The fourth-order valence-electron chi connectivity index (χ4n) is 3.61. The fourth-order valence-corrected chi connectivity index (χ4v) is 5.38. The van der Waals surface area contributed by atoms with Gasteiger partial charge in [0.25, 0.3) is 5.91 Å². The van der Waals surface area contributed by atoms with E-state index < -0.39 is 21.7 Å². The predicted octanol–water partition coefficient (Wildman–Crippen LogP) is 4.94. The molecule has 8 heteroatoms. The molecule has 1 aliphatic rings. The van der Waals surface area contributed by atoms with Gasteiger partial charge in [0, 0.05) is 10.5 Å². The summed E-state index contributed by atoms with van der Waals surface area (Å²) in [5.41, 5.74) is 0.141. The van der Waals surface area contributed by atoms with Gasteiger partial charge in [0.2, 0.25) is 10.0 Å². The summed E-state index contributed by atoms with van der Waals surface area (Å²) in [7, 11) is -3.88. The zero-order chi connectivity index (χ0) is 21.2. The highest BCUT2D eigenvalue weighted by molar-refractivity contribution is 9.10. The molecule has 2 aromatic rings. The molecule has 0 bridgehead atoms. The third-order valence-corrected chi connectivity index (χ3v) is 7.81. The van der Waals surface area contributed by atoms with Crippen molar-refractivity contribution in [3.8, 4) is 0 Å². The maximum Gasteiger partial charge on any atom is 0.258 e. The number of hydrogen-bond acceptors (Lipinski definition) is 3. The van der Waals surface area contributed by atoms with Crippen LogP contribution in [0.2, 0.25) is 0 Å².